The van der Waals surface area contributed by atoms with Crippen molar-refractivity contribution in [2.75, 3.05) is 7.11 Å². The number of carbonyl (C=O) groups is 2. The fourth-order valence-electron chi connectivity index (χ4n) is 1.69. The van der Waals surface area contributed by atoms with Gasteiger partial charge in [0.25, 0.3) is 0 Å². The maximum atomic E-state index is 11.7. The SMILES string of the molecule is COC(=O)[C@@H](C[C@H](C)[N+](=O)[O-])NC(=O)OCc1ccccc1. The summed E-state index contributed by atoms with van der Waals surface area (Å²) in [5.74, 6) is -0.759. The third-order valence-corrected chi connectivity index (χ3v) is 2.93. The summed E-state index contributed by atoms with van der Waals surface area (Å²) >= 11 is 0. The molecule has 0 aliphatic heterocycles. The number of ether oxygens (including phenoxy) is 2. The number of benzene rings is 1. The second-order valence-corrected chi connectivity index (χ2v) is 4.65. The number of rotatable bonds is 7. The van der Waals surface area contributed by atoms with E-state index in [0.29, 0.717) is 0 Å². The van der Waals surface area contributed by atoms with Gasteiger partial charge in [-0.25, -0.2) is 9.59 Å². The van der Waals surface area contributed by atoms with Crippen molar-refractivity contribution in [3.63, 3.8) is 0 Å². The summed E-state index contributed by atoms with van der Waals surface area (Å²) in [4.78, 5) is 33.4. The molecule has 8 nitrogen and oxygen atoms in total. The molecule has 2 atom stereocenters. The quantitative estimate of drug-likeness (QED) is 0.464. The zero-order valence-electron chi connectivity index (χ0n) is 12.4. The molecule has 0 saturated carbocycles. The average Bonchev–Trinajstić information content (AvgIpc) is 2.52. The van der Waals surface area contributed by atoms with Gasteiger partial charge in [0.1, 0.15) is 12.6 Å². The van der Waals surface area contributed by atoms with Crippen LogP contribution >= 0.6 is 0 Å². The van der Waals surface area contributed by atoms with E-state index in [1.807, 2.05) is 6.07 Å². The first-order chi connectivity index (χ1) is 10.4. The molecule has 0 aromatic heterocycles. The monoisotopic (exact) mass is 310 g/mol. The van der Waals surface area contributed by atoms with Crippen molar-refractivity contribution in [2.45, 2.75) is 32.0 Å². The molecule has 1 rings (SSSR count). The van der Waals surface area contributed by atoms with Crippen molar-refractivity contribution in [1.82, 2.24) is 5.32 Å². The molecular weight excluding hydrogens is 292 g/mol. The van der Waals surface area contributed by atoms with E-state index in [0.717, 1.165) is 12.7 Å². The predicted octanol–water partition coefficient (Wildman–Crippen LogP) is 1.51. The summed E-state index contributed by atoms with van der Waals surface area (Å²) in [6.45, 7) is 1.37. The summed E-state index contributed by atoms with van der Waals surface area (Å²) in [5.41, 5.74) is 0.783. The summed E-state index contributed by atoms with van der Waals surface area (Å²) in [6, 6.07) is 6.85. The third-order valence-electron chi connectivity index (χ3n) is 2.93. The van der Waals surface area contributed by atoms with Gasteiger partial charge >= 0.3 is 12.1 Å². The minimum Gasteiger partial charge on any atom is -0.467 e. The van der Waals surface area contributed by atoms with Crippen molar-refractivity contribution in [1.29, 1.82) is 0 Å². The number of methoxy groups -OCH3 is 1. The molecule has 120 valence electrons. The maximum absolute atomic E-state index is 11.7. The second-order valence-electron chi connectivity index (χ2n) is 4.65. The van der Waals surface area contributed by atoms with Crippen LogP contribution in [0, 0.1) is 10.1 Å². The molecule has 1 amide bonds. The maximum Gasteiger partial charge on any atom is 0.408 e. The van der Waals surface area contributed by atoms with Gasteiger partial charge in [-0.05, 0) is 5.56 Å². The molecule has 0 radical (unpaired) electrons. The normalized spacial score (nSPS) is 12.8. The minimum atomic E-state index is -1.13. The minimum absolute atomic E-state index is 0.0331. The van der Waals surface area contributed by atoms with Gasteiger partial charge in [-0.3, -0.25) is 10.1 Å². The van der Waals surface area contributed by atoms with Gasteiger partial charge in [-0.1, -0.05) is 30.3 Å². The molecule has 0 fully saturated rings. The van der Waals surface area contributed by atoms with E-state index in [-0.39, 0.29) is 13.0 Å². The van der Waals surface area contributed by atoms with Crippen molar-refractivity contribution in [2.24, 2.45) is 0 Å². The van der Waals surface area contributed by atoms with Crippen LogP contribution < -0.4 is 5.32 Å². The summed E-state index contributed by atoms with van der Waals surface area (Å²) in [6.07, 6.45) is -1.02. The number of carbonyl (C=O) groups excluding carboxylic acids is 2. The number of esters is 1. The predicted molar refractivity (Wildman–Crippen MR) is 76.6 cm³/mol. The Balaban J connectivity index is 2.55. The first-order valence-electron chi connectivity index (χ1n) is 6.62. The zero-order valence-corrected chi connectivity index (χ0v) is 12.4. The van der Waals surface area contributed by atoms with Gasteiger partial charge in [-0.2, -0.15) is 0 Å². The molecule has 1 aromatic carbocycles. The number of nitrogens with one attached hydrogen (secondary N) is 1. The first kappa shape index (κ1) is 17.4. The van der Waals surface area contributed by atoms with E-state index >= 15 is 0 Å². The average molecular weight is 310 g/mol. The van der Waals surface area contributed by atoms with Crippen molar-refractivity contribution in [3.05, 3.63) is 46.0 Å². The van der Waals surface area contributed by atoms with Crippen LogP contribution in [-0.2, 0) is 20.9 Å². The molecule has 0 aliphatic carbocycles. The zero-order chi connectivity index (χ0) is 16.5. The standard InChI is InChI=1S/C14H18N2O6/c1-10(16(19)20)8-12(13(17)21-2)15-14(18)22-9-11-6-4-3-5-7-11/h3-7,10,12H,8-9H2,1-2H3,(H,15,18)/t10-,12+/m0/s1. The van der Waals surface area contributed by atoms with Crippen LogP contribution in [0.25, 0.3) is 0 Å². The van der Waals surface area contributed by atoms with Crippen LogP contribution in [0.15, 0.2) is 30.3 Å². The van der Waals surface area contributed by atoms with Crippen molar-refractivity contribution >= 4 is 12.1 Å². The number of nitro groups is 1. The molecule has 1 aromatic rings. The lowest BCUT2D eigenvalue weighted by Crippen LogP contribution is -2.44. The summed E-state index contributed by atoms with van der Waals surface area (Å²) in [5, 5.41) is 12.9. The smallest absolute Gasteiger partial charge is 0.408 e. The molecule has 0 unspecified atom stereocenters. The Morgan fingerprint density at radius 1 is 1.32 bits per heavy atom. The van der Waals surface area contributed by atoms with Gasteiger partial charge < -0.3 is 14.8 Å². The number of alkyl carbamates (subject to hydrolysis) is 1. The van der Waals surface area contributed by atoms with E-state index in [1.165, 1.54) is 6.92 Å². The van der Waals surface area contributed by atoms with E-state index < -0.39 is 29.1 Å². The Labute approximate surface area is 127 Å². The van der Waals surface area contributed by atoms with Gasteiger partial charge in [0, 0.05) is 18.3 Å². The lowest BCUT2D eigenvalue weighted by molar-refractivity contribution is -0.519. The molecule has 0 spiro atoms. The third kappa shape index (κ3) is 5.78. The van der Waals surface area contributed by atoms with Crippen molar-refractivity contribution in [3.8, 4) is 0 Å². The van der Waals surface area contributed by atoms with E-state index in [1.54, 1.807) is 24.3 Å². The lowest BCUT2D eigenvalue weighted by atomic mass is 10.1. The van der Waals surface area contributed by atoms with Crippen LogP contribution in [-0.4, -0.2) is 36.2 Å². The highest BCUT2D eigenvalue weighted by atomic mass is 16.6. The van der Waals surface area contributed by atoms with Crippen LogP contribution in [0.4, 0.5) is 4.79 Å². The highest BCUT2D eigenvalue weighted by Gasteiger charge is 2.28. The van der Waals surface area contributed by atoms with Crippen LogP contribution in [0.2, 0.25) is 0 Å². The van der Waals surface area contributed by atoms with Crippen LogP contribution in [0.3, 0.4) is 0 Å². The summed E-state index contributed by atoms with van der Waals surface area (Å²) < 4.78 is 9.49. The van der Waals surface area contributed by atoms with Gasteiger partial charge in [0.2, 0.25) is 6.04 Å². The molecule has 8 heteroatoms. The fourth-order valence-corrected chi connectivity index (χ4v) is 1.69. The van der Waals surface area contributed by atoms with Gasteiger partial charge in [0.15, 0.2) is 0 Å². The number of hydrogen-bond acceptors (Lipinski definition) is 6. The largest absolute Gasteiger partial charge is 0.467 e. The molecular formula is C14H18N2O6. The number of hydrogen-bond donors (Lipinski definition) is 1. The highest BCUT2D eigenvalue weighted by Crippen LogP contribution is 2.05. The number of nitrogens with zero attached hydrogens (tertiary/aromatic N) is 1. The van der Waals surface area contributed by atoms with E-state index in [2.05, 4.69) is 10.1 Å². The lowest BCUT2D eigenvalue weighted by Gasteiger charge is -2.16. The van der Waals surface area contributed by atoms with Crippen molar-refractivity contribution < 1.29 is 24.0 Å². The molecule has 1 N–H and O–H groups in total. The second kappa shape index (κ2) is 8.60. The fraction of sp³-hybridized carbons (Fsp3) is 0.429. The molecule has 0 heterocycles. The molecule has 0 saturated heterocycles. The Hall–Kier alpha value is -2.64. The Bertz CT molecular complexity index is 519. The molecule has 22 heavy (non-hydrogen) atoms. The summed E-state index contributed by atoms with van der Waals surface area (Å²) in [7, 11) is 1.14. The van der Waals surface area contributed by atoms with E-state index in [4.69, 9.17) is 4.74 Å². The Morgan fingerprint density at radius 3 is 2.50 bits per heavy atom. The molecule has 0 aliphatic rings. The van der Waals surface area contributed by atoms with Crippen LogP contribution in [0.5, 0.6) is 0 Å². The van der Waals surface area contributed by atoms with Crippen LogP contribution in [0.1, 0.15) is 18.9 Å². The Kier molecular flexibility index (Phi) is 6.81. The molecule has 0 bridgehead atoms. The van der Waals surface area contributed by atoms with Gasteiger partial charge in [0.05, 0.1) is 7.11 Å². The highest BCUT2D eigenvalue weighted by molar-refractivity contribution is 5.81. The first-order valence-corrected chi connectivity index (χ1v) is 6.62. The topological polar surface area (TPSA) is 108 Å². The van der Waals surface area contributed by atoms with E-state index in [9.17, 15) is 19.7 Å². The number of amides is 1. The Morgan fingerprint density at radius 2 is 1.95 bits per heavy atom. The van der Waals surface area contributed by atoms with Gasteiger partial charge in [-0.15, -0.1) is 0 Å².